The Bertz CT molecular complexity index is 573. The SMILES string of the molecule is Cc1ccnn1CC(=O)NN=Cc1ccc(Br)o1. The Labute approximate surface area is 112 Å². The van der Waals surface area contributed by atoms with Gasteiger partial charge in [-0.3, -0.25) is 9.48 Å². The third-order valence-corrected chi connectivity index (χ3v) is 2.62. The third-order valence-electron chi connectivity index (χ3n) is 2.20. The highest BCUT2D eigenvalue weighted by molar-refractivity contribution is 9.10. The molecule has 0 saturated heterocycles. The molecule has 0 fully saturated rings. The highest BCUT2D eigenvalue weighted by Gasteiger charge is 2.03. The summed E-state index contributed by atoms with van der Waals surface area (Å²) in [6, 6.07) is 5.31. The third kappa shape index (κ3) is 3.30. The largest absolute Gasteiger partial charge is 0.448 e. The van der Waals surface area contributed by atoms with Crippen LogP contribution in [0.3, 0.4) is 0 Å². The molecule has 0 spiro atoms. The second-order valence-electron chi connectivity index (χ2n) is 3.57. The van der Waals surface area contributed by atoms with E-state index < -0.39 is 0 Å². The molecule has 1 N–H and O–H groups in total. The number of amides is 1. The van der Waals surface area contributed by atoms with Gasteiger partial charge in [0.15, 0.2) is 4.67 Å². The summed E-state index contributed by atoms with van der Waals surface area (Å²) in [6.07, 6.45) is 3.07. The molecule has 0 atom stereocenters. The Morgan fingerprint density at radius 3 is 3.06 bits per heavy atom. The molecule has 18 heavy (non-hydrogen) atoms. The number of halogens is 1. The standard InChI is InChI=1S/C11H11BrN4O2/c1-8-4-5-14-16(8)7-11(17)15-13-6-9-2-3-10(12)18-9/h2-6H,7H2,1H3,(H,15,17). The van der Waals surface area contributed by atoms with Crippen LogP contribution in [-0.4, -0.2) is 21.9 Å². The molecular weight excluding hydrogens is 300 g/mol. The molecule has 6 nitrogen and oxygen atoms in total. The van der Waals surface area contributed by atoms with Gasteiger partial charge in [0, 0.05) is 11.9 Å². The van der Waals surface area contributed by atoms with Gasteiger partial charge >= 0.3 is 0 Å². The van der Waals surface area contributed by atoms with Crippen molar-refractivity contribution >= 4 is 28.1 Å². The minimum Gasteiger partial charge on any atom is -0.448 e. The van der Waals surface area contributed by atoms with Crippen LogP contribution in [0.2, 0.25) is 0 Å². The molecule has 0 bridgehead atoms. The molecule has 0 aliphatic rings. The van der Waals surface area contributed by atoms with E-state index in [0.29, 0.717) is 10.4 Å². The van der Waals surface area contributed by atoms with E-state index in [1.165, 1.54) is 6.21 Å². The summed E-state index contributed by atoms with van der Waals surface area (Å²) in [7, 11) is 0. The molecule has 0 aliphatic carbocycles. The molecule has 0 aliphatic heterocycles. The Morgan fingerprint density at radius 2 is 2.44 bits per heavy atom. The molecular formula is C11H11BrN4O2. The maximum Gasteiger partial charge on any atom is 0.261 e. The Morgan fingerprint density at radius 1 is 1.61 bits per heavy atom. The van der Waals surface area contributed by atoms with E-state index in [0.717, 1.165) is 5.69 Å². The molecule has 94 valence electrons. The number of nitrogens with one attached hydrogen (secondary N) is 1. The number of nitrogens with zero attached hydrogens (tertiary/aromatic N) is 3. The second-order valence-corrected chi connectivity index (χ2v) is 4.35. The Hall–Kier alpha value is -1.89. The van der Waals surface area contributed by atoms with Crippen molar-refractivity contribution in [3.63, 3.8) is 0 Å². The van der Waals surface area contributed by atoms with Gasteiger partial charge in [-0.2, -0.15) is 10.2 Å². The molecule has 0 aromatic carbocycles. The van der Waals surface area contributed by atoms with Gasteiger partial charge in [-0.05, 0) is 41.1 Å². The van der Waals surface area contributed by atoms with E-state index in [1.807, 2.05) is 13.0 Å². The Kier molecular flexibility index (Phi) is 3.93. The first-order chi connectivity index (χ1) is 8.65. The average Bonchev–Trinajstić information content (AvgIpc) is 2.89. The number of hydrazone groups is 1. The smallest absolute Gasteiger partial charge is 0.261 e. The molecule has 7 heteroatoms. The first-order valence-electron chi connectivity index (χ1n) is 5.21. The number of carbonyl (C=O) groups is 1. The molecule has 0 radical (unpaired) electrons. The number of carbonyl (C=O) groups excluding carboxylic acids is 1. The lowest BCUT2D eigenvalue weighted by Gasteiger charge is -2.02. The van der Waals surface area contributed by atoms with Gasteiger partial charge < -0.3 is 4.42 Å². The number of rotatable bonds is 4. The van der Waals surface area contributed by atoms with E-state index in [-0.39, 0.29) is 12.5 Å². The fraction of sp³-hybridized carbons (Fsp3) is 0.182. The fourth-order valence-electron chi connectivity index (χ4n) is 1.30. The summed E-state index contributed by atoms with van der Waals surface area (Å²) in [6.45, 7) is 2.02. The van der Waals surface area contributed by atoms with Crippen LogP contribution in [0.1, 0.15) is 11.5 Å². The van der Waals surface area contributed by atoms with Crippen LogP contribution in [0.15, 0.2) is 38.6 Å². The van der Waals surface area contributed by atoms with E-state index in [4.69, 9.17) is 4.42 Å². The van der Waals surface area contributed by atoms with Crippen molar-refractivity contribution in [2.45, 2.75) is 13.5 Å². The van der Waals surface area contributed by atoms with Gasteiger partial charge in [-0.25, -0.2) is 5.43 Å². The van der Waals surface area contributed by atoms with Crippen molar-refractivity contribution < 1.29 is 9.21 Å². The van der Waals surface area contributed by atoms with Crippen molar-refractivity contribution in [2.75, 3.05) is 0 Å². The zero-order valence-electron chi connectivity index (χ0n) is 9.63. The maximum atomic E-state index is 11.5. The van der Waals surface area contributed by atoms with Crippen LogP contribution in [0, 0.1) is 6.92 Å². The van der Waals surface area contributed by atoms with Gasteiger partial charge in [0.1, 0.15) is 12.3 Å². The lowest BCUT2D eigenvalue weighted by atomic mass is 10.5. The number of aryl methyl sites for hydroxylation is 1. The highest BCUT2D eigenvalue weighted by atomic mass is 79.9. The first-order valence-corrected chi connectivity index (χ1v) is 6.00. The van der Waals surface area contributed by atoms with Crippen molar-refractivity contribution in [1.29, 1.82) is 0 Å². The monoisotopic (exact) mass is 310 g/mol. The molecule has 2 aromatic rings. The summed E-state index contributed by atoms with van der Waals surface area (Å²) in [4.78, 5) is 11.5. The first kappa shape index (κ1) is 12.6. The molecule has 1 amide bonds. The summed E-state index contributed by atoms with van der Waals surface area (Å²) in [5.41, 5.74) is 3.32. The van der Waals surface area contributed by atoms with Crippen LogP contribution < -0.4 is 5.43 Å². The molecule has 2 rings (SSSR count). The van der Waals surface area contributed by atoms with Gasteiger partial charge in [0.05, 0.1) is 6.21 Å². The predicted molar refractivity (Wildman–Crippen MR) is 69.1 cm³/mol. The van der Waals surface area contributed by atoms with Crippen molar-refractivity contribution in [3.05, 3.63) is 40.5 Å². The van der Waals surface area contributed by atoms with Gasteiger partial charge in [0.2, 0.25) is 0 Å². The molecule has 2 heterocycles. The molecule has 0 unspecified atom stereocenters. The van der Waals surface area contributed by atoms with Crippen LogP contribution in [0.5, 0.6) is 0 Å². The van der Waals surface area contributed by atoms with Crippen molar-refractivity contribution in [1.82, 2.24) is 15.2 Å². The van der Waals surface area contributed by atoms with Gasteiger partial charge in [-0.15, -0.1) is 0 Å². The topological polar surface area (TPSA) is 72.4 Å². The molecule has 2 aromatic heterocycles. The summed E-state index contributed by atoms with van der Waals surface area (Å²) < 4.78 is 7.39. The predicted octanol–water partition coefficient (Wildman–Crippen LogP) is 1.70. The number of aromatic nitrogens is 2. The zero-order chi connectivity index (χ0) is 13.0. The minimum atomic E-state index is -0.247. The van der Waals surface area contributed by atoms with Crippen LogP contribution in [0.4, 0.5) is 0 Å². The lowest BCUT2D eigenvalue weighted by molar-refractivity contribution is -0.121. The number of hydrogen-bond acceptors (Lipinski definition) is 4. The van der Waals surface area contributed by atoms with E-state index in [1.54, 1.807) is 23.0 Å². The molecule has 0 saturated carbocycles. The summed E-state index contributed by atoms with van der Waals surface area (Å²) >= 11 is 3.17. The van der Waals surface area contributed by atoms with Gasteiger partial charge in [-0.1, -0.05) is 0 Å². The van der Waals surface area contributed by atoms with Crippen LogP contribution in [0.25, 0.3) is 0 Å². The normalized spacial score (nSPS) is 11.0. The fourth-order valence-corrected chi connectivity index (χ4v) is 1.62. The van der Waals surface area contributed by atoms with Crippen LogP contribution in [-0.2, 0) is 11.3 Å². The maximum absolute atomic E-state index is 11.5. The van der Waals surface area contributed by atoms with Crippen molar-refractivity contribution in [2.24, 2.45) is 5.10 Å². The summed E-state index contributed by atoms with van der Waals surface area (Å²) in [5, 5.41) is 7.79. The minimum absolute atomic E-state index is 0.137. The van der Waals surface area contributed by atoms with E-state index >= 15 is 0 Å². The number of hydrogen-bond donors (Lipinski definition) is 1. The second kappa shape index (κ2) is 5.63. The summed E-state index contributed by atoms with van der Waals surface area (Å²) in [5.74, 6) is 0.307. The van der Waals surface area contributed by atoms with Crippen molar-refractivity contribution in [3.8, 4) is 0 Å². The van der Waals surface area contributed by atoms with E-state index in [9.17, 15) is 4.79 Å². The number of furan rings is 1. The quantitative estimate of drug-likeness (QED) is 0.690. The highest BCUT2D eigenvalue weighted by Crippen LogP contribution is 2.11. The van der Waals surface area contributed by atoms with Gasteiger partial charge in [0.25, 0.3) is 5.91 Å². The van der Waals surface area contributed by atoms with Crippen LogP contribution >= 0.6 is 15.9 Å². The Balaban J connectivity index is 1.85. The lowest BCUT2D eigenvalue weighted by Crippen LogP contribution is -2.24. The van der Waals surface area contributed by atoms with E-state index in [2.05, 4.69) is 31.6 Å². The average molecular weight is 311 g/mol. The zero-order valence-corrected chi connectivity index (χ0v) is 11.2.